The highest BCUT2D eigenvalue weighted by Crippen LogP contribution is 2.41. The van der Waals surface area contributed by atoms with E-state index in [0.29, 0.717) is 0 Å². The maximum absolute atomic E-state index is 2.67. The van der Waals surface area contributed by atoms with Crippen LogP contribution in [0.1, 0.15) is 33.1 Å². The molecular formula is C16H23N. The maximum atomic E-state index is 2.67. The summed E-state index contributed by atoms with van der Waals surface area (Å²) in [6.45, 7) is 6.17. The third kappa shape index (κ3) is 2.08. The number of fused-ring (bicyclic) bond motifs is 4. The zero-order valence-electron chi connectivity index (χ0n) is 11.0. The van der Waals surface area contributed by atoms with Crippen molar-refractivity contribution in [1.82, 2.24) is 0 Å². The zero-order chi connectivity index (χ0) is 11.8. The van der Waals surface area contributed by atoms with E-state index >= 15 is 0 Å². The number of hydrogen-bond donors (Lipinski definition) is 0. The van der Waals surface area contributed by atoms with E-state index in [1.165, 1.54) is 31.5 Å². The second kappa shape index (κ2) is 4.36. The van der Waals surface area contributed by atoms with Gasteiger partial charge in [0, 0.05) is 18.3 Å². The molecular weight excluding hydrogens is 206 g/mol. The fraction of sp³-hybridized carbons (Fsp3) is 0.625. The van der Waals surface area contributed by atoms with E-state index < -0.39 is 0 Å². The summed E-state index contributed by atoms with van der Waals surface area (Å²) in [5.74, 6) is 2.73. The summed E-state index contributed by atoms with van der Waals surface area (Å²) in [7, 11) is 0. The molecule has 2 heterocycles. The molecule has 0 aromatic heterocycles. The van der Waals surface area contributed by atoms with E-state index in [0.717, 1.165) is 23.8 Å². The molecule has 17 heavy (non-hydrogen) atoms. The molecule has 0 radical (unpaired) electrons. The third-order valence-electron chi connectivity index (χ3n) is 4.79. The zero-order valence-corrected chi connectivity index (χ0v) is 11.0. The summed E-state index contributed by atoms with van der Waals surface area (Å²) >= 11 is 0. The van der Waals surface area contributed by atoms with E-state index in [4.69, 9.17) is 0 Å². The summed E-state index contributed by atoms with van der Waals surface area (Å²) in [6, 6.07) is 11.8. The Bertz CT molecular complexity index is 370. The van der Waals surface area contributed by atoms with E-state index in [2.05, 4.69) is 49.1 Å². The van der Waals surface area contributed by atoms with Crippen LogP contribution in [-0.2, 0) is 0 Å². The van der Waals surface area contributed by atoms with Crippen molar-refractivity contribution in [1.29, 1.82) is 0 Å². The average Bonchev–Trinajstić information content (AvgIpc) is 2.57. The van der Waals surface area contributed by atoms with Crippen molar-refractivity contribution in [3.63, 3.8) is 0 Å². The number of hydrogen-bond acceptors (Lipinski definition) is 1. The second-order valence-corrected chi connectivity index (χ2v) is 6.19. The Labute approximate surface area is 105 Å². The van der Waals surface area contributed by atoms with Gasteiger partial charge in [-0.1, -0.05) is 32.0 Å². The van der Waals surface area contributed by atoms with Gasteiger partial charge in [0.15, 0.2) is 0 Å². The van der Waals surface area contributed by atoms with Gasteiger partial charge in [0.1, 0.15) is 0 Å². The van der Waals surface area contributed by atoms with E-state index in [-0.39, 0.29) is 0 Å². The molecule has 3 fully saturated rings. The maximum Gasteiger partial charge on any atom is 0.0368 e. The van der Waals surface area contributed by atoms with Crippen molar-refractivity contribution in [3.8, 4) is 0 Å². The highest BCUT2D eigenvalue weighted by Gasteiger charge is 2.38. The predicted molar refractivity (Wildman–Crippen MR) is 73.2 cm³/mol. The second-order valence-electron chi connectivity index (χ2n) is 6.19. The largest absolute Gasteiger partial charge is 0.368 e. The lowest BCUT2D eigenvalue weighted by Gasteiger charge is -2.42. The van der Waals surface area contributed by atoms with Gasteiger partial charge in [0.05, 0.1) is 0 Å². The molecule has 4 rings (SSSR count). The number of piperidine rings is 1. The van der Waals surface area contributed by atoms with Crippen LogP contribution in [0.15, 0.2) is 30.3 Å². The van der Waals surface area contributed by atoms with Crippen LogP contribution < -0.4 is 4.90 Å². The quantitative estimate of drug-likeness (QED) is 0.705. The van der Waals surface area contributed by atoms with Crippen LogP contribution in [0.2, 0.25) is 0 Å². The van der Waals surface area contributed by atoms with Crippen LogP contribution in [0.3, 0.4) is 0 Å². The molecule has 1 heteroatoms. The Morgan fingerprint density at radius 1 is 1.00 bits per heavy atom. The minimum Gasteiger partial charge on any atom is -0.368 e. The Balaban J connectivity index is 1.88. The lowest BCUT2D eigenvalue weighted by atomic mass is 9.83. The molecule has 4 unspecified atom stereocenters. The summed E-state index contributed by atoms with van der Waals surface area (Å²) in [5.41, 5.74) is 1.43. The molecule has 1 aromatic carbocycles. The van der Waals surface area contributed by atoms with Gasteiger partial charge in [-0.15, -0.1) is 0 Å². The van der Waals surface area contributed by atoms with Gasteiger partial charge < -0.3 is 4.90 Å². The molecule has 0 amide bonds. The number of anilines is 1. The first-order chi connectivity index (χ1) is 8.24. The highest BCUT2D eigenvalue weighted by molar-refractivity contribution is 5.48. The lowest BCUT2D eigenvalue weighted by Crippen LogP contribution is -2.44. The molecule has 3 aliphatic rings. The smallest absolute Gasteiger partial charge is 0.0368 e. The number of benzene rings is 1. The van der Waals surface area contributed by atoms with Crippen LogP contribution in [0.4, 0.5) is 5.69 Å². The van der Waals surface area contributed by atoms with Gasteiger partial charge in [-0.05, 0) is 49.1 Å². The molecule has 1 aliphatic carbocycles. The topological polar surface area (TPSA) is 3.24 Å². The summed E-state index contributed by atoms with van der Waals surface area (Å²) in [4.78, 5) is 2.67. The van der Waals surface area contributed by atoms with Crippen molar-refractivity contribution < 1.29 is 0 Å². The molecule has 1 nitrogen and oxygen atoms in total. The first-order valence-electron chi connectivity index (χ1n) is 7.05. The first kappa shape index (κ1) is 11.1. The Morgan fingerprint density at radius 3 is 2.53 bits per heavy atom. The van der Waals surface area contributed by atoms with Crippen molar-refractivity contribution in [2.75, 3.05) is 11.4 Å². The molecule has 0 spiro atoms. The van der Waals surface area contributed by atoms with Gasteiger partial charge in [-0.3, -0.25) is 0 Å². The predicted octanol–water partition coefficient (Wildman–Crippen LogP) is 3.95. The number of rotatable bonds is 1. The molecule has 2 bridgehead atoms. The summed E-state index contributed by atoms with van der Waals surface area (Å²) in [5, 5.41) is 0. The number of para-hydroxylation sites is 1. The minimum atomic E-state index is 0.779. The Morgan fingerprint density at radius 2 is 1.76 bits per heavy atom. The monoisotopic (exact) mass is 229 g/mol. The highest BCUT2D eigenvalue weighted by atomic mass is 15.2. The Kier molecular flexibility index (Phi) is 2.85. The van der Waals surface area contributed by atoms with Gasteiger partial charge >= 0.3 is 0 Å². The molecule has 1 aromatic rings. The van der Waals surface area contributed by atoms with Crippen molar-refractivity contribution in [2.24, 2.45) is 17.8 Å². The van der Waals surface area contributed by atoms with Crippen LogP contribution >= 0.6 is 0 Å². The molecule has 2 aliphatic heterocycles. The average molecular weight is 229 g/mol. The minimum absolute atomic E-state index is 0.779. The van der Waals surface area contributed by atoms with Crippen molar-refractivity contribution in [3.05, 3.63) is 30.3 Å². The Hall–Kier alpha value is -0.980. The van der Waals surface area contributed by atoms with Gasteiger partial charge in [-0.2, -0.15) is 0 Å². The number of nitrogens with zero attached hydrogens (tertiary/aromatic N) is 1. The third-order valence-corrected chi connectivity index (χ3v) is 4.79. The van der Waals surface area contributed by atoms with Crippen molar-refractivity contribution >= 4 is 5.69 Å². The van der Waals surface area contributed by atoms with Crippen molar-refractivity contribution in [2.45, 2.75) is 39.2 Å². The van der Waals surface area contributed by atoms with Gasteiger partial charge in [-0.25, -0.2) is 0 Å². The first-order valence-corrected chi connectivity index (χ1v) is 7.05. The fourth-order valence-corrected chi connectivity index (χ4v) is 3.87. The standard InChI is InChI=1S/C16H23N/c1-12-8-14-11-17(15-6-4-3-5-7-15)16(9-12)10-13(14)2/h3-7,12-14,16H,8-11H2,1-2H3. The van der Waals surface area contributed by atoms with Crippen LogP contribution in [0.25, 0.3) is 0 Å². The SMILES string of the molecule is CC1CC2CN(c3ccccc3)C(C1)CC2C. The van der Waals surface area contributed by atoms with Gasteiger partial charge in [0.25, 0.3) is 0 Å². The van der Waals surface area contributed by atoms with Crippen LogP contribution in [0.5, 0.6) is 0 Å². The van der Waals surface area contributed by atoms with Gasteiger partial charge in [0.2, 0.25) is 0 Å². The molecule has 92 valence electrons. The lowest BCUT2D eigenvalue weighted by molar-refractivity contribution is 0.276. The molecule has 0 N–H and O–H groups in total. The van der Waals surface area contributed by atoms with E-state index in [9.17, 15) is 0 Å². The van der Waals surface area contributed by atoms with Crippen LogP contribution in [-0.4, -0.2) is 12.6 Å². The molecule has 2 saturated heterocycles. The van der Waals surface area contributed by atoms with Crippen LogP contribution in [0, 0.1) is 17.8 Å². The van der Waals surface area contributed by atoms with E-state index in [1.807, 2.05) is 0 Å². The van der Waals surface area contributed by atoms with E-state index in [1.54, 1.807) is 0 Å². The summed E-state index contributed by atoms with van der Waals surface area (Å²) < 4.78 is 0. The molecule has 1 saturated carbocycles. The molecule has 4 atom stereocenters. The summed E-state index contributed by atoms with van der Waals surface area (Å²) in [6.07, 6.45) is 4.21. The fourth-order valence-electron chi connectivity index (χ4n) is 3.87. The normalized spacial score (nSPS) is 36.9.